The third kappa shape index (κ3) is 4.36. The minimum atomic E-state index is -4.22. The van der Waals surface area contributed by atoms with E-state index in [9.17, 15) is 18.3 Å². The van der Waals surface area contributed by atoms with Crippen LogP contribution in [0.1, 0.15) is 73.8 Å². The molecule has 2 aliphatic rings. The SMILES string of the molecule is Cc1cc([C@@H](C)C2CC2)c(NC(=O)NS(=O)(=O)c2cc(C(C)(C)O)co2)c2c1CCC2. The molecule has 0 unspecified atom stereocenters. The number of hydrogen-bond acceptors (Lipinski definition) is 5. The van der Waals surface area contributed by atoms with Crippen molar-refractivity contribution in [2.45, 2.75) is 76.4 Å². The fourth-order valence-corrected chi connectivity index (χ4v) is 5.32. The summed E-state index contributed by atoms with van der Waals surface area (Å²) in [6.07, 6.45) is 6.41. The van der Waals surface area contributed by atoms with Gasteiger partial charge in [0.25, 0.3) is 10.0 Å². The number of aliphatic hydroxyl groups is 1. The van der Waals surface area contributed by atoms with Crippen LogP contribution in [0.25, 0.3) is 0 Å². The fourth-order valence-electron chi connectivity index (χ4n) is 4.47. The van der Waals surface area contributed by atoms with Crippen LogP contribution in [0.2, 0.25) is 0 Å². The number of rotatable bonds is 6. The van der Waals surface area contributed by atoms with Gasteiger partial charge in [-0.15, -0.1) is 0 Å². The van der Waals surface area contributed by atoms with E-state index < -0.39 is 26.7 Å². The van der Waals surface area contributed by atoms with Crippen molar-refractivity contribution in [2.75, 3.05) is 5.32 Å². The number of hydrogen-bond donors (Lipinski definition) is 3. The molecule has 1 fully saturated rings. The summed E-state index contributed by atoms with van der Waals surface area (Å²) in [5.41, 5.74) is 4.50. The maximum atomic E-state index is 12.8. The molecule has 0 bridgehead atoms. The number of benzene rings is 1. The molecule has 8 heteroatoms. The zero-order valence-corrected chi connectivity index (χ0v) is 19.2. The Bertz CT molecular complexity index is 1120. The van der Waals surface area contributed by atoms with Crippen LogP contribution >= 0.6 is 0 Å². The van der Waals surface area contributed by atoms with Crippen LogP contribution in [0.3, 0.4) is 0 Å². The van der Waals surface area contributed by atoms with Crippen molar-refractivity contribution >= 4 is 21.7 Å². The summed E-state index contributed by atoms with van der Waals surface area (Å²) in [5, 5.41) is 12.5. The lowest BCUT2D eigenvalue weighted by Crippen LogP contribution is -2.35. The van der Waals surface area contributed by atoms with Gasteiger partial charge in [-0.25, -0.2) is 9.52 Å². The van der Waals surface area contributed by atoms with Crippen molar-refractivity contribution in [3.8, 4) is 0 Å². The summed E-state index contributed by atoms with van der Waals surface area (Å²) >= 11 is 0. The molecule has 168 valence electrons. The first kappa shape index (κ1) is 21.9. The number of carbonyl (C=O) groups is 1. The van der Waals surface area contributed by atoms with E-state index in [4.69, 9.17) is 4.42 Å². The number of carbonyl (C=O) groups excluding carboxylic acids is 1. The predicted molar refractivity (Wildman–Crippen MR) is 118 cm³/mol. The number of urea groups is 1. The van der Waals surface area contributed by atoms with E-state index in [1.165, 1.54) is 50.1 Å². The minimum Gasteiger partial charge on any atom is -0.451 e. The molecule has 31 heavy (non-hydrogen) atoms. The largest absolute Gasteiger partial charge is 0.451 e. The van der Waals surface area contributed by atoms with Gasteiger partial charge in [0.15, 0.2) is 0 Å². The Kier molecular flexibility index (Phi) is 5.42. The van der Waals surface area contributed by atoms with Crippen molar-refractivity contribution in [3.63, 3.8) is 0 Å². The lowest BCUT2D eigenvalue weighted by molar-refractivity contribution is 0.0779. The summed E-state index contributed by atoms with van der Waals surface area (Å²) in [6, 6.07) is 2.56. The van der Waals surface area contributed by atoms with E-state index in [-0.39, 0.29) is 0 Å². The Labute approximate surface area is 183 Å². The van der Waals surface area contributed by atoms with Gasteiger partial charge in [-0.3, -0.25) is 0 Å². The highest BCUT2D eigenvalue weighted by Gasteiger charge is 2.33. The molecule has 7 nitrogen and oxygen atoms in total. The molecule has 1 aromatic heterocycles. The van der Waals surface area contributed by atoms with Crippen LogP contribution in [-0.4, -0.2) is 19.6 Å². The number of sulfonamides is 1. The standard InChI is InChI=1S/C23H30N2O5S/c1-13-10-19(14(2)15-8-9-15)21(18-7-5-6-17(13)18)24-22(26)25-31(28,29)20-11-16(12-30-20)23(3,4)27/h10-12,14-15,27H,5-9H2,1-4H3,(H2,24,25,26)/t14-/m0/s1. The number of anilines is 1. The van der Waals surface area contributed by atoms with Gasteiger partial charge in [0.1, 0.15) is 0 Å². The zero-order chi connectivity index (χ0) is 22.6. The molecule has 0 aliphatic heterocycles. The molecular formula is C23H30N2O5S. The monoisotopic (exact) mass is 446 g/mol. The third-order valence-electron chi connectivity index (χ3n) is 6.49. The molecule has 0 saturated heterocycles. The molecule has 2 aromatic rings. The zero-order valence-electron chi connectivity index (χ0n) is 18.4. The molecule has 2 amide bonds. The van der Waals surface area contributed by atoms with Crippen molar-refractivity contribution in [1.82, 2.24) is 4.72 Å². The molecule has 0 spiro atoms. The maximum Gasteiger partial charge on any atom is 0.333 e. The van der Waals surface area contributed by atoms with Crippen LogP contribution in [0.15, 0.2) is 27.9 Å². The van der Waals surface area contributed by atoms with Gasteiger partial charge < -0.3 is 14.8 Å². The summed E-state index contributed by atoms with van der Waals surface area (Å²) < 4.78 is 32.5. The van der Waals surface area contributed by atoms with E-state index in [0.717, 1.165) is 36.1 Å². The third-order valence-corrected chi connectivity index (χ3v) is 7.69. The highest BCUT2D eigenvalue weighted by molar-refractivity contribution is 7.89. The Balaban J connectivity index is 1.60. The van der Waals surface area contributed by atoms with Crippen molar-refractivity contribution in [2.24, 2.45) is 5.92 Å². The molecule has 1 aromatic carbocycles. The van der Waals surface area contributed by atoms with E-state index in [2.05, 4.69) is 25.2 Å². The molecule has 1 atom stereocenters. The first-order valence-electron chi connectivity index (χ1n) is 10.8. The van der Waals surface area contributed by atoms with Crippen molar-refractivity contribution in [3.05, 3.63) is 46.2 Å². The second kappa shape index (κ2) is 7.67. The molecule has 2 aliphatic carbocycles. The summed E-state index contributed by atoms with van der Waals surface area (Å²) in [4.78, 5) is 12.8. The van der Waals surface area contributed by atoms with Gasteiger partial charge in [-0.1, -0.05) is 13.0 Å². The van der Waals surface area contributed by atoms with E-state index in [1.54, 1.807) is 0 Å². The lowest BCUT2D eigenvalue weighted by Gasteiger charge is -2.22. The van der Waals surface area contributed by atoms with E-state index >= 15 is 0 Å². The number of fused-ring (bicyclic) bond motifs is 1. The maximum absolute atomic E-state index is 12.8. The normalized spacial score (nSPS) is 17.3. The Morgan fingerprint density at radius 3 is 2.52 bits per heavy atom. The highest BCUT2D eigenvalue weighted by atomic mass is 32.2. The average molecular weight is 447 g/mol. The van der Waals surface area contributed by atoms with Gasteiger partial charge >= 0.3 is 6.03 Å². The molecule has 1 heterocycles. The predicted octanol–water partition coefficient (Wildman–Crippen LogP) is 4.33. The van der Waals surface area contributed by atoms with Crippen molar-refractivity contribution in [1.29, 1.82) is 0 Å². The Morgan fingerprint density at radius 2 is 1.90 bits per heavy atom. The summed E-state index contributed by atoms with van der Waals surface area (Å²) in [5.74, 6) is 0.908. The number of aryl methyl sites for hydroxylation is 1. The van der Waals surface area contributed by atoms with Gasteiger partial charge in [-0.2, -0.15) is 8.42 Å². The van der Waals surface area contributed by atoms with Crippen LogP contribution in [0, 0.1) is 12.8 Å². The fraction of sp³-hybridized carbons (Fsp3) is 0.522. The first-order chi connectivity index (χ1) is 14.5. The van der Waals surface area contributed by atoms with Crippen LogP contribution in [0.4, 0.5) is 10.5 Å². The Morgan fingerprint density at radius 1 is 1.23 bits per heavy atom. The number of nitrogens with one attached hydrogen (secondary N) is 2. The summed E-state index contributed by atoms with van der Waals surface area (Å²) in [6.45, 7) is 7.33. The van der Waals surface area contributed by atoms with Gasteiger partial charge in [-0.05, 0) is 87.0 Å². The smallest absolute Gasteiger partial charge is 0.333 e. The average Bonchev–Trinajstić information content (AvgIpc) is 3.17. The van der Waals surface area contributed by atoms with E-state index in [0.29, 0.717) is 17.4 Å². The quantitative estimate of drug-likeness (QED) is 0.612. The first-order valence-corrected chi connectivity index (χ1v) is 12.3. The molecule has 0 radical (unpaired) electrons. The summed E-state index contributed by atoms with van der Waals surface area (Å²) in [7, 11) is -4.22. The molecule has 3 N–H and O–H groups in total. The van der Waals surface area contributed by atoms with Gasteiger partial charge in [0.2, 0.25) is 5.09 Å². The molecule has 4 rings (SSSR count). The minimum absolute atomic E-state index is 0.302. The van der Waals surface area contributed by atoms with Gasteiger partial charge in [0.05, 0.1) is 11.9 Å². The van der Waals surface area contributed by atoms with E-state index in [1.807, 2.05) is 4.72 Å². The van der Waals surface area contributed by atoms with Crippen LogP contribution in [-0.2, 0) is 28.5 Å². The second-order valence-electron chi connectivity index (χ2n) is 9.37. The van der Waals surface area contributed by atoms with Crippen LogP contribution < -0.4 is 10.0 Å². The lowest BCUT2D eigenvalue weighted by atomic mass is 9.88. The molecular weight excluding hydrogens is 416 g/mol. The highest BCUT2D eigenvalue weighted by Crippen LogP contribution is 2.47. The van der Waals surface area contributed by atoms with Crippen LogP contribution in [0.5, 0.6) is 0 Å². The number of amides is 2. The number of furan rings is 1. The second-order valence-corrected chi connectivity index (χ2v) is 11.0. The Hall–Kier alpha value is -2.32. The molecule has 1 saturated carbocycles. The van der Waals surface area contributed by atoms with Crippen molar-refractivity contribution < 1.29 is 22.7 Å². The van der Waals surface area contributed by atoms with Gasteiger partial charge in [0, 0.05) is 17.3 Å². The topological polar surface area (TPSA) is 109 Å².